The fourth-order valence-electron chi connectivity index (χ4n) is 1.81. The van der Waals surface area contributed by atoms with Crippen LogP contribution in [0.5, 0.6) is 0 Å². The van der Waals surface area contributed by atoms with E-state index in [-0.39, 0.29) is 23.8 Å². The molecule has 23 heavy (non-hydrogen) atoms. The first-order chi connectivity index (χ1) is 11.0. The predicted octanol–water partition coefficient (Wildman–Crippen LogP) is 3.78. The van der Waals surface area contributed by atoms with Gasteiger partial charge in [0.25, 0.3) is 0 Å². The van der Waals surface area contributed by atoms with Crippen LogP contribution in [0, 0.1) is 5.82 Å². The van der Waals surface area contributed by atoms with Crippen LogP contribution >= 0.6 is 23.2 Å². The minimum absolute atomic E-state index is 0.213. The Labute approximate surface area is 142 Å². The fraction of sp³-hybridized carbons (Fsp3) is 0.125. The van der Waals surface area contributed by atoms with Gasteiger partial charge in [-0.15, -0.1) is 0 Å². The molecule has 2 rings (SSSR count). The average Bonchev–Trinajstić information content (AvgIpc) is 2.51. The van der Waals surface area contributed by atoms with E-state index in [0.29, 0.717) is 10.7 Å². The minimum Gasteiger partial charge on any atom is -0.352 e. The first-order valence-electron chi connectivity index (χ1n) is 6.70. The molecular weight excluding hydrogens is 342 g/mol. The Balaban J connectivity index is 1.84. The Bertz CT molecular complexity index is 721. The molecule has 0 saturated heterocycles. The van der Waals surface area contributed by atoms with Crippen LogP contribution in [0.25, 0.3) is 0 Å². The van der Waals surface area contributed by atoms with Crippen molar-refractivity contribution in [3.8, 4) is 0 Å². The van der Waals surface area contributed by atoms with Gasteiger partial charge in [-0.3, -0.25) is 9.59 Å². The van der Waals surface area contributed by atoms with Crippen LogP contribution in [-0.4, -0.2) is 11.8 Å². The highest BCUT2D eigenvalue weighted by molar-refractivity contribution is 6.44. The molecule has 2 N–H and O–H groups in total. The standard InChI is InChI=1S/C16H13Cl2FN2O2/c17-12-2-1-3-13(16(12)18)21-15(23)8-14(22)20-9-10-4-6-11(19)7-5-10/h1-7H,8-9H2,(H,20,22)(H,21,23). The highest BCUT2D eigenvalue weighted by atomic mass is 35.5. The quantitative estimate of drug-likeness (QED) is 0.802. The van der Waals surface area contributed by atoms with Gasteiger partial charge in [0.05, 0.1) is 15.7 Å². The van der Waals surface area contributed by atoms with Crippen LogP contribution in [0.2, 0.25) is 10.0 Å². The highest BCUT2D eigenvalue weighted by Gasteiger charge is 2.12. The first kappa shape index (κ1) is 17.2. The molecule has 0 spiro atoms. The Morgan fingerprint density at radius 2 is 1.70 bits per heavy atom. The zero-order valence-corrected chi connectivity index (χ0v) is 13.4. The zero-order chi connectivity index (χ0) is 16.8. The molecule has 0 atom stereocenters. The smallest absolute Gasteiger partial charge is 0.233 e. The zero-order valence-electron chi connectivity index (χ0n) is 11.9. The van der Waals surface area contributed by atoms with Crippen molar-refractivity contribution < 1.29 is 14.0 Å². The number of hydrogen-bond donors (Lipinski definition) is 2. The average molecular weight is 355 g/mol. The van der Waals surface area contributed by atoms with Gasteiger partial charge in [-0.2, -0.15) is 0 Å². The molecule has 0 heterocycles. The third-order valence-corrected chi connectivity index (χ3v) is 3.77. The van der Waals surface area contributed by atoms with Gasteiger partial charge in [0, 0.05) is 6.54 Å². The van der Waals surface area contributed by atoms with Crippen molar-refractivity contribution in [2.75, 3.05) is 5.32 Å². The summed E-state index contributed by atoms with van der Waals surface area (Å²) in [5.74, 6) is -1.31. The number of halogens is 3. The molecule has 4 nitrogen and oxygen atoms in total. The summed E-state index contributed by atoms with van der Waals surface area (Å²) in [4.78, 5) is 23.5. The van der Waals surface area contributed by atoms with Gasteiger partial charge in [-0.05, 0) is 29.8 Å². The molecule has 0 saturated carbocycles. The van der Waals surface area contributed by atoms with E-state index in [9.17, 15) is 14.0 Å². The second-order valence-corrected chi connectivity index (χ2v) is 5.51. The van der Waals surface area contributed by atoms with Gasteiger partial charge in [0.15, 0.2) is 0 Å². The van der Waals surface area contributed by atoms with Gasteiger partial charge in [-0.25, -0.2) is 4.39 Å². The summed E-state index contributed by atoms with van der Waals surface area (Å²) >= 11 is 11.8. The summed E-state index contributed by atoms with van der Waals surface area (Å²) in [7, 11) is 0. The molecule has 2 aromatic carbocycles. The molecule has 0 aliphatic heterocycles. The SMILES string of the molecule is O=C(CC(=O)Nc1cccc(Cl)c1Cl)NCc1ccc(F)cc1. The number of carbonyl (C=O) groups is 2. The number of amides is 2. The molecule has 7 heteroatoms. The Kier molecular flexibility index (Phi) is 5.96. The van der Waals surface area contributed by atoms with Crippen LogP contribution in [0.15, 0.2) is 42.5 Å². The number of rotatable bonds is 5. The maximum absolute atomic E-state index is 12.8. The van der Waals surface area contributed by atoms with Gasteiger partial charge in [0.1, 0.15) is 12.2 Å². The Morgan fingerprint density at radius 3 is 2.39 bits per heavy atom. The lowest BCUT2D eigenvalue weighted by molar-refractivity contribution is -0.126. The van der Waals surface area contributed by atoms with Gasteiger partial charge in [0.2, 0.25) is 11.8 Å². The van der Waals surface area contributed by atoms with E-state index in [4.69, 9.17) is 23.2 Å². The number of carbonyl (C=O) groups excluding carboxylic acids is 2. The maximum atomic E-state index is 12.8. The van der Waals surface area contributed by atoms with Crippen molar-refractivity contribution in [2.45, 2.75) is 13.0 Å². The van der Waals surface area contributed by atoms with Crippen molar-refractivity contribution >= 4 is 40.7 Å². The van der Waals surface area contributed by atoms with Crippen molar-refractivity contribution in [3.05, 3.63) is 63.9 Å². The maximum Gasteiger partial charge on any atom is 0.233 e. The second-order valence-electron chi connectivity index (χ2n) is 4.73. The number of nitrogens with one attached hydrogen (secondary N) is 2. The van der Waals surface area contributed by atoms with Crippen LogP contribution in [0.4, 0.5) is 10.1 Å². The molecule has 0 fully saturated rings. The number of anilines is 1. The summed E-state index contributed by atoms with van der Waals surface area (Å²) in [6.07, 6.45) is -0.357. The lowest BCUT2D eigenvalue weighted by Gasteiger charge is -2.09. The summed E-state index contributed by atoms with van der Waals surface area (Å²) in [5, 5.41) is 5.63. The summed E-state index contributed by atoms with van der Waals surface area (Å²) < 4.78 is 12.8. The molecular formula is C16H13Cl2FN2O2. The monoisotopic (exact) mass is 354 g/mol. The fourth-order valence-corrected chi connectivity index (χ4v) is 2.15. The van der Waals surface area contributed by atoms with E-state index in [1.54, 1.807) is 30.3 Å². The van der Waals surface area contributed by atoms with E-state index in [1.165, 1.54) is 12.1 Å². The van der Waals surface area contributed by atoms with E-state index in [1.807, 2.05) is 0 Å². The summed E-state index contributed by atoms with van der Waals surface area (Å²) in [6, 6.07) is 10.5. The molecule has 0 radical (unpaired) electrons. The van der Waals surface area contributed by atoms with Crippen LogP contribution < -0.4 is 10.6 Å². The normalized spacial score (nSPS) is 10.2. The van der Waals surface area contributed by atoms with Crippen molar-refractivity contribution in [2.24, 2.45) is 0 Å². The van der Waals surface area contributed by atoms with Crippen molar-refractivity contribution in [3.63, 3.8) is 0 Å². The minimum atomic E-state index is -0.509. The van der Waals surface area contributed by atoms with E-state index in [0.717, 1.165) is 5.56 Å². The van der Waals surface area contributed by atoms with Crippen LogP contribution in [0.3, 0.4) is 0 Å². The van der Waals surface area contributed by atoms with Crippen LogP contribution in [-0.2, 0) is 16.1 Å². The summed E-state index contributed by atoms with van der Waals surface area (Å²) in [5.41, 5.74) is 1.08. The van der Waals surface area contributed by atoms with E-state index >= 15 is 0 Å². The molecule has 120 valence electrons. The topological polar surface area (TPSA) is 58.2 Å². The lowest BCUT2D eigenvalue weighted by Crippen LogP contribution is -2.27. The third kappa shape index (κ3) is 5.23. The molecule has 0 unspecified atom stereocenters. The highest BCUT2D eigenvalue weighted by Crippen LogP contribution is 2.29. The lowest BCUT2D eigenvalue weighted by atomic mass is 10.2. The first-order valence-corrected chi connectivity index (χ1v) is 7.46. The molecule has 0 aliphatic rings. The number of hydrogen-bond acceptors (Lipinski definition) is 2. The number of benzene rings is 2. The second kappa shape index (κ2) is 7.94. The largest absolute Gasteiger partial charge is 0.352 e. The molecule has 0 bridgehead atoms. The van der Waals surface area contributed by atoms with Gasteiger partial charge in [-0.1, -0.05) is 41.4 Å². The van der Waals surface area contributed by atoms with Crippen LogP contribution in [0.1, 0.15) is 12.0 Å². The Hall–Kier alpha value is -2.11. The van der Waals surface area contributed by atoms with Gasteiger partial charge < -0.3 is 10.6 Å². The van der Waals surface area contributed by atoms with E-state index < -0.39 is 11.8 Å². The Morgan fingerprint density at radius 1 is 1.00 bits per heavy atom. The van der Waals surface area contributed by atoms with Gasteiger partial charge >= 0.3 is 0 Å². The van der Waals surface area contributed by atoms with Crippen molar-refractivity contribution in [1.82, 2.24) is 5.32 Å². The predicted molar refractivity (Wildman–Crippen MR) is 88.0 cm³/mol. The van der Waals surface area contributed by atoms with Crippen molar-refractivity contribution in [1.29, 1.82) is 0 Å². The van der Waals surface area contributed by atoms with E-state index in [2.05, 4.69) is 10.6 Å². The molecule has 0 aromatic heterocycles. The molecule has 0 aliphatic carbocycles. The molecule has 2 aromatic rings. The summed E-state index contributed by atoms with van der Waals surface area (Å²) in [6.45, 7) is 0.213. The molecule has 2 amide bonds. The third-order valence-electron chi connectivity index (χ3n) is 2.95.